The van der Waals surface area contributed by atoms with Gasteiger partial charge in [0, 0.05) is 16.1 Å². The molecule has 0 fully saturated rings. The van der Waals surface area contributed by atoms with Gasteiger partial charge < -0.3 is 10.3 Å². The average Bonchev–Trinajstić information content (AvgIpc) is 2.60. The summed E-state index contributed by atoms with van der Waals surface area (Å²) in [4.78, 5) is 0. The van der Waals surface area contributed by atoms with Crippen LogP contribution in [-0.2, 0) is 0 Å². The molecule has 0 aliphatic rings. The molecular formula is C13H15ClN2O. The molecule has 2 aromatic rings. The normalized spacial score (nSPS) is 11.1. The Kier molecular flexibility index (Phi) is 3.11. The molecule has 0 spiro atoms. The van der Waals surface area contributed by atoms with E-state index >= 15 is 0 Å². The topological polar surface area (TPSA) is 52.0 Å². The summed E-state index contributed by atoms with van der Waals surface area (Å²) in [5, 5.41) is 4.56. The van der Waals surface area contributed by atoms with E-state index in [9.17, 15) is 0 Å². The summed E-state index contributed by atoms with van der Waals surface area (Å²) in [5.74, 6) is 1.47. The van der Waals surface area contributed by atoms with Crippen molar-refractivity contribution < 1.29 is 4.52 Å². The van der Waals surface area contributed by atoms with Gasteiger partial charge in [-0.2, -0.15) is 0 Å². The highest BCUT2D eigenvalue weighted by atomic mass is 35.5. The zero-order valence-corrected chi connectivity index (χ0v) is 10.9. The van der Waals surface area contributed by atoms with Crippen LogP contribution in [0.2, 0.25) is 5.02 Å². The van der Waals surface area contributed by atoms with Gasteiger partial charge >= 0.3 is 0 Å². The molecule has 0 amide bonds. The maximum Gasteiger partial charge on any atom is 0.172 e. The Morgan fingerprint density at radius 1 is 1.35 bits per heavy atom. The second-order valence-corrected chi connectivity index (χ2v) is 4.86. The van der Waals surface area contributed by atoms with Crippen molar-refractivity contribution in [3.63, 3.8) is 0 Å². The lowest BCUT2D eigenvalue weighted by Crippen LogP contribution is -1.95. The molecule has 1 aromatic carbocycles. The predicted octanol–water partition coefficient (Wildman–Crippen LogP) is 4.01. The van der Waals surface area contributed by atoms with Crippen molar-refractivity contribution in [1.29, 1.82) is 0 Å². The van der Waals surface area contributed by atoms with Gasteiger partial charge in [-0.25, -0.2) is 0 Å². The fourth-order valence-corrected chi connectivity index (χ4v) is 2.17. The number of hydrogen-bond acceptors (Lipinski definition) is 3. The van der Waals surface area contributed by atoms with E-state index < -0.39 is 0 Å². The second-order valence-electron chi connectivity index (χ2n) is 4.42. The monoisotopic (exact) mass is 250 g/mol. The minimum absolute atomic E-state index is 0.270. The maximum absolute atomic E-state index is 5.94. The van der Waals surface area contributed by atoms with Crippen molar-refractivity contribution >= 4 is 17.4 Å². The third kappa shape index (κ3) is 2.15. The van der Waals surface area contributed by atoms with E-state index in [2.05, 4.69) is 19.0 Å². The van der Waals surface area contributed by atoms with Crippen LogP contribution in [0.3, 0.4) is 0 Å². The molecule has 90 valence electrons. The van der Waals surface area contributed by atoms with Gasteiger partial charge in [0.15, 0.2) is 11.6 Å². The lowest BCUT2D eigenvalue weighted by molar-refractivity contribution is 0.434. The third-order valence-corrected chi connectivity index (χ3v) is 3.00. The lowest BCUT2D eigenvalue weighted by Gasteiger charge is -2.08. The number of nitrogens with two attached hydrogens (primary N) is 1. The Bertz CT molecular complexity index is 546. The first kappa shape index (κ1) is 12.0. The van der Waals surface area contributed by atoms with E-state index in [1.165, 1.54) is 0 Å². The summed E-state index contributed by atoms with van der Waals surface area (Å²) in [7, 11) is 0. The van der Waals surface area contributed by atoms with Crippen molar-refractivity contribution in [2.75, 3.05) is 5.73 Å². The Morgan fingerprint density at radius 3 is 2.65 bits per heavy atom. The van der Waals surface area contributed by atoms with E-state index in [0.717, 1.165) is 22.5 Å². The summed E-state index contributed by atoms with van der Waals surface area (Å²) in [5.41, 5.74) is 8.82. The molecule has 0 radical (unpaired) electrons. The summed E-state index contributed by atoms with van der Waals surface area (Å²) in [6.45, 7) is 6.12. The van der Waals surface area contributed by atoms with Crippen molar-refractivity contribution in [1.82, 2.24) is 5.16 Å². The largest absolute Gasteiger partial charge is 0.381 e. The summed E-state index contributed by atoms with van der Waals surface area (Å²) >= 11 is 5.94. The van der Waals surface area contributed by atoms with Crippen LogP contribution in [0.25, 0.3) is 11.3 Å². The number of benzene rings is 1. The molecule has 17 heavy (non-hydrogen) atoms. The molecule has 0 aliphatic heterocycles. The third-order valence-electron chi connectivity index (χ3n) is 2.77. The van der Waals surface area contributed by atoms with Crippen LogP contribution in [0.5, 0.6) is 0 Å². The van der Waals surface area contributed by atoms with Crippen LogP contribution in [-0.4, -0.2) is 5.16 Å². The smallest absolute Gasteiger partial charge is 0.172 e. The molecule has 0 atom stereocenters. The van der Waals surface area contributed by atoms with Gasteiger partial charge in [-0.05, 0) is 36.6 Å². The number of nitrogen functional groups attached to an aromatic ring is 1. The number of nitrogens with zero attached hydrogens (tertiary/aromatic N) is 1. The van der Waals surface area contributed by atoms with E-state index in [-0.39, 0.29) is 5.92 Å². The number of aromatic nitrogens is 1. The highest BCUT2D eigenvalue weighted by Crippen LogP contribution is 2.35. The van der Waals surface area contributed by atoms with E-state index in [4.69, 9.17) is 21.9 Å². The van der Waals surface area contributed by atoms with Gasteiger partial charge in [0.25, 0.3) is 0 Å². The van der Waals surface area contributed by atoms with Gasteiger partial charge in [-0.1, -0.05) is 30.6 Å². The minimum atomic E-state index is 0.270. The standard InChI is InChI=1S/C13H15ClN2O/c1-7(2)11-12(17-16-13(11)15)10-5-4-9(14)6-8(10)3/h4-7H,1-3H3,(H2,15,16). The summed E-state index contributed by atoms with van der Waals surface area (Å²) in [6, 6.07) is 5.68. The van der Waals surface area contributed by atoms with Gasteiger partial charge in [-0.15, -0.1) is 0 Å². The summed E-state index contributed by atoms with van der Waals surface area (Å²) < 4.78 is 5.35. The number of rotatable bonds is 2. The molecule has 0 aliphatic carbocycles. The van der Waals surface area contributed by atoms with Crippen LogP contribution >= 0.6 is 11.6 Å². The highest BCUT2D eigenvalue weighted by molar-refractivity contribution is 6.30. The molecule has 1 heterocycles. The van der Waals surface area contributed by atoms with Gasteiger partial charge in [0.2, 0.25) is 0 Å². The molecule has 3 nitrogen and oxygen atoms in total. The first-order chi connectivity index (χ1) is 8.00. The van der Waals surface area contributed by atoms with Crippen LogP contribution in [0, 0.1) is 6.92 Å². The average molecular weight is 251 g/mol. The molecule has 0 unspecified atom stereocenters. The van der Waals surface area contributed by atoms with Crippen molar-refractivity contribution in [3.8, 4) is 11.3 Å². The number of hydrogen-bond donors (Lipinski definition) is 1. The minimum Gasteiger partial charge on any atom is -0.381 e. The molecule has 2 N–H and O–H groups in total. The molecule has 1 aromatic heterocycles. The van der Waals surface area contributed by atoms with Crippen molar-refractivity contribution in [2.24, 2.45) is 0 Å². The first-order valence-corrected chi connectivity index (χ1v) is 5.90. The number of halogens is 1. The Morgan fingerprint density at radius 2 is 2.06 bits per heavy atom. The van der Waals surface area contributed by atoms with Gasteiger partial charge in [0.05, 0.1) is 0 Å². The lowest BCUT2D eigenvalue weighted by atomic mass is 9.97. The van der Waals surface area contributed by atoms with E-state index in [1.807, 2.05) is 25.1 Å². The second kappa shape index (κ2) is 4.41. The zero-order chi connectivity index (χ0) is 12.6. The van der Waals surface area contributed by atoms with Crippen molar-refractivity contribution in [3.05, 3.63) is 34.3 Å². The molecule has 4 heteroatoms. The number of anilines is 1. The quantitative estimate of drug-likeness (QED) is 0.876. The van der Waals surface area contributed by atoms with Gasteiger partial charge in [0.1, 0.15) is 0 Å². The van der Waals surface area contributed by atoms with Crippen LogP contribution < -0.4 is 5.73 Å². The first-order valence-electron chi connectivity index (χ1n) is 5.52. The molecule has 2 rings (SSSR count). The number of aryl methyl sites for hydroxylation is 1. The van der Waals surface area contributed by atoms with Crippen LogP contribution in [0.4, 0.5) is 5.82 Å². The molecule has 0 bridgehead atoms. The molecule has 0 saturated heterocycles. The van der Waals surface area contributed by atoms with E-state index in [1.54, 1.807) is 0 Å². The Hall–Kier alpha value is -1.48. The predicted molar refractivity (Wildman–Crippen MR) is 70.2 cm³/mol. The fraction of sp³-hybridized carbons (Fsp3) is 0.308. The SMILES string of the molecule is Cc1cc(Cl)ccc1-c1onc(N)c1C(C)C. The molecule has 0 saturated carbocycles. The van der Waals surface area contributed by atoms with Crippen molar-refractivity contribution in [2.45, 2.75) is 26.7 Å². The van der Waals surface area contributed by atoms with Gasteiger partial charge in [-0.3, -0.25) is 0 Å². The highest BCUT2D eigenvalue weighted by Gasteiger charge is 2.19. The fourth-order valence-electron chi connectivity index (χ4n) is 1.94. The van der Waals surface area contributed by atoms with Crippen LogP contribution in [0.15, 0.2) is 22.7 Å². The maximum atomic E-state index is 5.94. The summed E-state index contributed by atoms with van der Waals surface area (Å²) in [6.07, 6.45) is 0. The molecular weight excluding hydrogens is 236 g/mol. The zero-order valence-electron chi connectivity index (χ0n) is 10.1. The van der Waals surface area contributed by atoms with Crippen LogP contribution in [0.1, 0.15) is 30.9 Å². The Balaban J connectivity index is 2.61. The van der Waals surface area contributed by atoms with E-state index in [0.29, 0.717) is 10.8 Å². The Labute approximate surface area is 106 Å².